The summed E-state index contributed by atoms with van der Waals surface area (Å²) in [5.41, 5.74) is 2.77. The molecule has 3 nitrogen and oxygen atoms in total. The molecule has 1 aromatic heterocycles. The van der Waals surface area contributed by atoms with E-state index in [1.165, 1.54) is 11.3 Å². The van der Waals surface area contributed by atoms with Crippen LogP contribution in [-0.2, 0) is 6.54 Å². The maximum absolute atomic E-state index is 11.5. The second-order valence-electron chi connectivity index (χ2n) is 4.66. The Bertz CT molecular complexity index is 625. The van der Waals surface area contributed by atoms with Crippen molar-refractivity contribution in [1.82, 2.24) is 10.6 Å². The van der Waals surface area contributed by atoms with Crippen LogP contribution >= 0.6 is 34.5 Å². The molecular formula is C15H16Cl2N2OS. The average Bonchev–Trinajstić information content (AvgIpc) is 2.83. The molecule has 0 spiro atoms. The van der Waals surface area contributed by atoms with Gasteiger partial charge < -0.3 is 10.6 Å². The van der Waals surface area contributed by atoms with Gasteiger partial charge in [0.2, 0.25) is 0 Å². The quantitative estimate of drug-likeness (QED) is 0.851. The molecule has 2 rings (SSSR count). The highest BCUT2D eigenvalue weighted by atomic mass is 35.5. The van der Waals surface area contributed by atoms with E-state index in [4.69, 9.17) is 23.2 Å². The lowest BCUT2D eigenvalue weighted by molar-refractivity contribution is 0.0963. The van der Waals surface area contributed by atoms with Crippen LogP contribution in [-0.4, -0.2) is 13.0 Å². The lowest BCUT2D eigenvalue weighted by atomic mass is 10.1. The van der Waals surface area contributed by atoms with Gasteiger partial charge in [0, 0.05) is 25.2 Å². The summed E-state index contributed by atoms with van der Waals surface area (Å²) in [5, 5.41) is 6.00. The van der Waals surface area contributed by atoms with Crippen LogP contribution in [0, 0.1) is 0 Å². The van der Waals surface area contributed by atoms with Gasteiger partial charge in [-0.05, 0) is 36.2 Å². The third-order valence-electron chi connectivity index (χ3n) is 3.21. The third-order valence-corrected chi connectivity index (χ3v) is 4.72. The van der Waals surface area contributed by atoms with Gasteiger partial charge in [-0.25, -0.2) is 0 Å². The second-order valence-corrected chi connectivity index (χ2v) is 6.94. The molecule has 0 aliphatic heterocycles. The number of hydrogen-bond donors (Lipinski definition) is 2. The van der Waals surface area contributed by atoms with E-state index in [1.807, 2.05) is 37.3 Å². The fourth-order valence-corrected chi connectivity index (χ4v) is 3.59. The number of carbonyl (C=O) groups excluding carboxylic acids is 1. The van der Waals surface area contributed by atoms with Crippen LogP contribution < -0.4 is 10.6 Å². The molecule has 0 saturated carbocycles. The lowest BCUT2D eigenvalue weighted by Crippen LogP contribution is -2.19. The highest BCUT2D eigenvalue weighted by molar-refractivity contribution is 7.20. The summed E-state index contributed by atoms with van der Waals surface area (Å²) in [6, 6.07) is 9.50. The normalized spacial score (nSPS) is 12.2. The minimum atomic E-state index is -0.0809. The molecule has 0 saturated heterocycles. The smallest absolute Gasteiger partial charge is 0.251 e. The molecule has 0 bridgehead atoms. The molecule has 1 unspecified atom stereocenters. The van der Waals surface area contributed by atoms with Gasteiger partial charge in [-0.2, -0.15) is 0 Å². The number of halogens is 2. The molecule has 1 heterocycles. The Balaban J connectivity index is 1.96. The van der Waals surface area contributed by atoms with Gasteiger partial charge >= 0.3 is 0 Å². The Morgan fingerprint density at radius 2 is 1.95 bits per heavy atom. The summed E-state index contributed by atoms with van der Waals surface area (Å²) in [5.74, 6) is -0.0809. The molecule has 2 N–H and O–H groups in total. The van der Waals surface area contributed by atoms with E-state index in [2.05, 4.69) is 10.6 Å². The monoisotopic (exact) mass is 342 g/mol. The van der Waals surface area contributed by atoms with Crippen LogP contribution in [0.5, 0.6) is 0 Å². The Kier molecular flexibility index (Phi) is 5.65. The van der Waals surface area contributed by atoms with Crippen molar-refractivity contribution in [3.8, 4) is 0 Å². The summed E-state index contributed by atoms with van der Waals surface area (Å²) in [7, 11) is 1.62. The van der Waals surface area contributed by atoms with Crippen molar-refractivity contribution in [2.24, 2.45) is 0 Å². The Labute approximate surface area is 138 Å². The standard InChI is InChI=1S/C15H16Cl2N2OS/c1-9(12-7-13(16)21-14(12)17)19-8-10-3-5-11(6-4-10)15(20)18-2/h3-7,9,19H,8H2,1-2H3,(H,18,20). The summed E-state index contributed by atoms with van der Waals surface area (Å²) in [6.45, 7) is 2.74. The molecule has 1 aromatic carbocycles. The van der Waals surface area contributed by atoms with E-state index >= 15 is 0 Å². The predicted octanol–water partition coefficient (Wildman–Crippen LogP) is 4.27. The van der Waals surface area contributed by atoms with Crippen LogP contribution in [0.15, 0.2) is 30.3 Å². The number of amides is 1. The molecule has 1 amide bonds. The van der Waals surface area contributed by atoms with E-state index in [-0.39, 0.29) is 11.9 Å². The van der Waals surface area contributed by atoms with E-state index in [1.54, 1.807) is 7.05 Å². The molecule has 1 atom stereocenters. The van der Waals surface area contributed by atoms with Crippen molar-refractivity contribution in [2.45, 2.75) is 19.5 Å². The van der Waals surface area contributed by atoms with E-state index in [0.717, 1.165) is 15.5 Å². The Morgan fingerprint density at radius 1 is 1.29 bits per heavy atom. The predicted molar refractivity (Wildman–Crippen MR) is 89.4 cm³/mol. The zero-order valence-electron chi connectivity index (χ0n) is 11.7. The number of thiophene rings is 1. The van der Waals surface area contributed by atoms with Gasteiger partial charge in [0.05, 0.1) is 8.67 Å². The maximum atomic E-state index is 11.5. The molecule has 21 heavy (non-hydrogen) atoms. The van der Waals surface area contributed by atoms with Crippen molar-refractivity contribution in [3.63, 3.8) is 0 Å². The fourth-order valence-electron chi connectivity index (χ4n) is 1.95. The molecule has 0 aliphatic carbocycles. The highest BCUT2D eigenvalue weighted by Gasteiger charge is 2.13. The van der Waals surface area contributed by atoms with E-state index in [0.29, 0.717) is 16.4 Å². The molecular weight excluding hydrogens is 327 g/mol. The van der Waals surface area contributed by atoms with Crippen molar-refractivity contribution in [1.29, 1.82) is 0 Å². The number of hydrogen-bond acceptors (Lipinski definition) is 3. The van der Waals surface area contributed by atoms with Crippen molar-refractivity contribution < 1.29 is 4.79 Å². The van der Waals surface area contributed by atoms with Crippen LogP contribution in [0.2, 0.25) is 8.67 Å². The van der Waals surface area contributed by atoms with Crippen molar-refractivity contribution in [3.05, 3.63) is 55.7 Å². The number of carbonyl (C=O) groups is 1. The molecule has 0 fully saturated rings. The summed E-state index contributed by atoms with van der Waals surface area (Å²) < 4.78 is 1.41. The van der Waals surface area contributed by atoms with Gasteiger partial charge in [-0.3, -0.25) is 4.79 Å². The van der Waals surface area contributed by atoms with Crippen LogP contribution in [0.25, 0.3) is 0 Å². The van der Waals surface area contributed by atoms with Crippen molar-refractivity contribution in [2.75, 3.05) is 7.05 Å². The minimum absolute atomic E-state index is 0.0809. The first kappa shape index (κ1) is 16.3. The highest BCUT2D eigenvalue weighted by Crippen LogP contribution is 2.34. The molecule has 2 aromatic rings. The van der Waals surface area contributed by atoms with Crippen LogP contribution in [0.3, 0.4) is 0 Å². The van der Waals surface area contributed by atoms with E-state index in [9.17, 15) is 4.79 Å². The van der Waals surface area contributed by atoms with Crippen LogP contribution in [0.1, 0.15) is 34.5 Å². The van der Waals surface area contributed by atoms with Gasteiger partial charge in [0.15, 0.2) is 0 Å². The molecule has 6 heteroatoms. The third kappa shape index (κ3) is 4.20. The van der Waals surface area contributed by atoms with Gasteiger partial charge in [-0.15, -0.1) is 11.3 Å². The second kappa shape index (κ2) is 7.27. The largest absolute Gasteiger partial charge is 0.355 e. The number of benzene rings is 1. The first-order chi connectivity index (χ1) is 10.0. The summed E-state index contributed by atoms with van der Waals surface area (Å²) in [4.78, 5) is 11.5. The summed E-state index contributed by atoms with van der Waals surface area (Å²) in [6.07, 6.45) is 0. The number of rotatable bonds is 5. The first-order valence-corrected chi connectivity index (χ1v) is 8.07. The Hall–Kier alpha value is -1.07. The molecule has 112 valence electrons. The minimum Gasteiger partial charge on any atom is -0.355 e. The van der Waals surface area contributed by atoms with Crippen LogP contribution in [0.4, 0.5) is 0 Å². The average molecular weight is 343 g/mol. The topological polar surface area (TPSA) is 41.1 Å². The van der Waals surface area contributed by atoms with Gasteiger partial charge in [0.1, 0.15) is 0 Å². The molecule has 0 radical (unpaired) electrons. The SMILES string of the molecule is CNC(=O)c1ccc(CNC(C)c2cc(Cl)sc2Cl)cc1. The van der Waals surface area contributed by atoms with Gasteiger partial charge in [0.25, 0.3) is 5.91 Å². The maximum Gasteiger partial charge on any atom is 0.251 e. The Morgan fingerprint density at radius 3 is 2.48 bits per heavy atom. The molecule has 0 aliphatic rings. The fraction of sp³-hybridized carbons (Fsp3) is 0.267. The number of nitrogens with one attached hydrogen (secondary N) is 2. The first-order valence-electron chi connectivity index (χ1n) is 6.50. The zero-order chi connectivity index (χ0) is 15.4. The zero-order valence-corrected chi connectivity index (χ0v) is 14.1. The van der Waals surface area contributed by atoms with Gasteiger partial charge in [-0.1, -0.05) is 35.3 Å². The lowest BCUT2D eigenvalue weighted by Gasteiger charge is -2.13. The van der Waals surface area contributed by atoms with E-state index < -0.39 is 0 Å². The van der Waals surface area contributed by atoms with Crippen molar-refractivity contribution >= 4 is 40.4 Å². The summed E-state index contributed by atoms with van der Waals surface area (Å²) >= 11 is 13.5.